The molecule has 0 amide bonds. The summed E-state index contributed by atoms with van der Waals surface area (Å²) in [6.07, 6.45) is 10.8. The van der Waals surface area contributed by atoms with E-state index in [0.29, 0.717) is 5.92 Å². The van der Waals surface area contributed by atoms with Gasteiger partial charge in [0.05, 0.1) is 12.3 Å². The summed E-state index contributed by atoms with van der Waals surface area (Å²) < 4.78 is 1.97. The van der Waals surface area contributed by atoms with Crippen LogP contribution in [0.4, 0.5) is 0 Å². The molecule has 1 aliphatic carbocycles. The van der Waals surface area contributed by atoms with Crippen molar-refractivity contribution in [1.29, 1.82) is 0 Å². The zero-order valence-corrected chi connectivity index (χ0v) is 10.1. The van der Waals surface area contributed by atoms with Crippen LogP contribution in [0, 0.1) is 5.92 Å². The molecule has 1 saturated carbocycles. The minimum absolute atomic E-state index is 0.0753. The van der Waals surface area contributed by atoms with Crippen molar-refractivity contribution in [3.8, 4) is 0 Å². The average Bonchev–Trinajstić information content (AvgIpc) is 2.62. The molecule has 1 fully saturated rings. The van der Waals surface area contributed by atoms with Gasteiger partial charge < -0.3 is 5.11 Å². The molecule has 3 nitrogen and oxygen atoms in total. The average molecular weight is 222 g/mol. The number of aromatic nitrogens is 2. The second-order valence-electron chi connectivity index (χ2n) is 4.95. The third kappa shape index (κ3) is 3.08. The molecule has 1 heterocycles. The first-order valence-corrected chi connectivity index (χ1v) is 6.47. The molecule has 0 spiro atoms. The van der Waals surface area contributed by atoms with E-state index in [1.54, 1.807) is 0 Å². The van der Waals surface area contributed by atoms with Gasteiger partial charge in [-0.1, -0.05) is 19.3 Å². The number of aliphatic hydroxyl groups is 1. The third-order valence-electron chi connectivity index (χ3n) is 3.54. The zero-order valence-electron chi connectivity index (χ0n) is 10.1. The highest BCUT2D eigenvalue weighted by Gasteiger charge is 2.19. The first kappa shape index (κ1) is 11.6. The molecule has 0 aromatic carbocycles. The summed E-state index contributed by atoms with van der Waals surface area (Å²) in [5.41, 5.74) is 1.32. The van der Waals surface area contributed by atoms with Crippen LogP contribution < -0.4 is 0 Å². The van der Waals surface area contributed by atoms with Crippen LogP contribution in [0.2, 0.25) is 0 Å². The highest BCUT2D eigenvalue weighted by atomic mass is 16.3. The summed E-state index contributed by atoms with van der Waals surface area (Å²) in [5, 5.41) is 14.1. The molecule has 0 bridgehead atoms. The Morgan fingerprint density at radius 1 is 1.44 bits per heavy atom. The van der Waals surface area contributed by atoms with Gasteiger partial charge in [-0.05, 0) is 37.7 Å². The van der Waals surface area contributed by atoms with Gasteiger partial charge in [-0.25, -0.2) is 0 Å². The lowest BCUT2D eigenvalue weighted by Gasteiger charge is -2.15. The first-order chi connectivity index (χ1) is 7.78. The quantitative estimate of drug-likeness (QED) is 0.797. The van der Waals surface area contributed by atoms with Crippen LogP contribution in [-0.4, -0.2) is 21.0 Å². The highest BCUT2D eigenvalue weighted by Crippen LogP contribution is 2.26. The Morgan fingerprint density at radius 3 is 3.00 bits per heavy atom. The van der Waals surface area contributed by atoms with Crippen LogP contribution in [-0.2, 0) is 13.0 Å². The first-order valence-electron chi connectivity index (χ1n) is 6.47. The fourth-order valence-corrected chi connectivity index (χ4v) is 2.64. The number of aliphatic hydroxyl groups excluding tert-OH is 1. The Morgan fingerprint density at radius 2 is 2.25 bits per heavy atom. The van der Waals surface area contributed by atoms with Gasteiger partial charge in [0, 0.05) is 12.7 Å². The molecule has 90 valence electrons. The monoisotopic (exact) mass is 222 g/mol. The summed E-state index contributed by atoms with van der Waals surface area (Å²) in [7, 11) is 0. The van der Waals surface area contributed by atoms with Gasteiger partial charge >= 0.3 is 0 Å². The van der Waals surface area contributed by atoms with Gasteiger partial charge in [0.25, 0.3) is 0 Å². The standard InChI is InChI=1S/C13H22N2O/c1-2-15-10-12(9-14-15)7-11-5-3-4-6-13(16)8-11/h9-11,13,16H,2-8H2,1H3. The maximum Gasteiger partial charge on any atom is 0.0543 e. The minimum Gasteiger partial charge on any atom is -0.393 e. The Balaban J connectivity index is 1.92. The lowest BCUT2D eigenvalue weighted by Crippen LogP contribution is -2.12. The SMILES string of the molecule is CCn1cc(CC2CCCCC(O)C2)cn1. The summed E-state index contributed by atoms with van der Waals surface area (Å²) in [4.78, 5) is 0. The predicted octanol–water partition coefficient (Wildman–Crippen LogP) is 2.39. The van der Waals surface area contributed by atoms with Crippen LogP contribution in [0.5, 0.6) is 0 Å². The van der Waals surface area contributed by atoms with E-state index in [4.69, 9.17) is 0 Å². The van der Waals surface area contributed by atoms with Gasteiger partial charge in [0.15, 0.2) is 0 Å². The number of nitrogens with zero attached hydrogens (tertiary/aromatic N) is 2. The van der Waals surface area contributed by atoms with E-state index in [1.165, 1.54) is 24.8 Å². The Labute approximate surface area is 97.5 Å². The smallest absolute Gasteiger partial charge is 0.0543 e. The number of rotatable bonds is 3. The molecule has 0 radical (unpaired) electrons. The van der Waals surface area contributed by atoms with E-state index in [-0.39, 0.29) is 6.10 Å². The molecule has 0 saturated heterocycles. The third-order valence-corrected chi connectivity index (χ3v) is 3.54. The van der Waals surface area contributed by atoms with Crippen LogP contribution >= 0.6 is 0 Å². The Hall–Kier alpha value is -0.830. The number of hydrogen-bond acceptors (Lipinski definition) is 2. The zero-order chi connectivity index (χ0) is 11.4. The molecule has 3 heteroatoms. The minimum atomic E-state index is -0.0753. The maximum absolute atomic E-state index is 9.77. The van der Waals surface area contributed by atoms with E-state index < -0.39 is 0 Å². The highest BCUT2D eigenvalue weighted by molar-refractivity contribution is 5.05. The molecule has 1 aliphatic rings. The van der Waals surface area contributed by atoms with Crippen LogP contribution in [0.3, 0.4) is 0 Å². The van der Waals surface area contributed by atoms with Gasteiger partial charge in [-0.3, -0.25) is 4.68 Å². The fraction of sp³-hybridized carbons (Fsp3) is 0.769. The van der Waals surface area contributed by atoms with E-state index >= 15 is 0 Å². The molecule has 0 aliphatic heterocycles. The normalized spacial score (nSPS) is 26.6. The molecule has 1 N–H and O–H groups in total. The fourth-order valence-electron chi connectivity index (χ4n) is 2.64. The van der Waals surface area contributed by atoms with Crippen LogP contribution in [0.15, 0.2) is 12.4 Å². The molecule has 1 aromatic rings. The van der Waals surface area contributed by atoms with Crippen molar-refractivity contribution in [2.24, 2.45) is 5.92 Å². The topological polar surface area (TPSA) is 38.0 Å². The van der Waals surface area contributed by atoms with Crippen molar-refractivity contribution in [2.75, 3.05) is 0 Å². The molecule has 16 heavy (non-hydrogen) atoms. The number of aryl methyl sites for hydroxylation is 1. The van der Waals surface area contributed by atoms with Crippen molar-refractivity contribution < 1.29 is 5.11 Å². The molecular weight excluding hydrogens is 200 g/mol. The largest absolute Gasteiger partial charge is 0.393 e. The summed E-state index contributed by atoms with van der Waals surface area (Å²) in [6, 6.07) is 0. The summed E-state index contributed by atoms with van der Waals surface area (Å²) in [5.74, 6) is 0.645. The lowest BCUT2D eigenvalue weighted by molar-refractivity contribution is 0.141. The van der Waals surface area contributed by atoms with Crippen molar-refractivity contribution in [1.82, 2.24) is 9.78 Å². The lowest BCUT2D eigenvalue weighted by atomic mass is 9.93. The second-order valence-corrected chi connectivity index (χ2v) is 4.95. The second kappa shape index (κ2) is 5.48. The van der Waals surface area contributed by atoms with Gasteiger partial charge in [0.2, 0.25) is 0 Å². The van der Waals surface area contributed by atoms with Crippen molar-refractivity contribution >= 4 is 0 Å². The molecule has 2 rings (SSSR count). The van der Waals surface area contributed by atoms with E-state index in [0.717, 1.165) is 25.8 Å². The number of hydrogen-bond donors (Lipinski definition) is 1. The Bertz CT molecular complexity index is 321. The van der Waals surface area contributed by atoms with Crippen molar-refractivity contribution in [3.05, 3.63) is 18.0 Å². The van der Waals surface area contributed by atoms with Crippen molar-refractivity contribution in [2.45, 2.75) is 58.1 Å². The van der Waals surface area contributed by atoms with E-state index in [1.807, 2.05) is 10.9 Å². The predicted molar refractivity (Wildman–Crippen MR) is 64.2 cm³/mol. The van der Waals surface area contributed by atoms with Gasteiger partial charge in [-0.15, -0.1) is 0 Å². The maximum atomic E-state index is 9.77. The van der Waals surface area contributed by atoms with Gasteiger partial charge in [-0.2, -0.15) is 5.10 Å². The molecule has 2 unspecified atom stereocenters. The van der Waals surface area contributed by atoms with Crippen molar-refractivity contribution in [3.63, 3.8) is 0 Å². The molecular formula is C13H22N2O. The molecule has 1 aromatic heterocycles. The van der Waals surface area contributed by atoms with E-state index in [2.05, 4.69) is 18.2 Å². The summed E-state index contributed by atoms with van der Waals surface area (Å²) >= 11 is 0. The van der Waals surface area contributed by atoms with Crippen LogP contribution in [0.25, 0.3) is 0 Å². The van der Waals surface area contributed by atoms with Gasteiger partial charge in [0.1, 0.15) is 0 Å². The summed E-state index contributed by atoms with van der Waals surface area (Å²) in [6.45, 7) is 3.04. The van der Waals surface area contributed by atoms with E-state index in [9.17, 15) is 5.11 Å². The van der Waals surface area contributed by atoms with Crippen LogP contribution in [0.1, 0.15) is 44.6 Å². The molecule has 2 atom stereocenters. The Kier molecular flexibility index (Phi) is 3.99.